The third kappa shape index (κ3) is 4.49. The number of ether oxygens (including phenoxy) is 1. The normalized spacial score (nSPS) is 10.9. The van der Waals surface area contributed by atoms with Crippen LogP contribution < -0.4 is 10.8 Å². The summed E-state index contributed by atoms with van der Waals surface area (Å²) in [5.41, 5.74) is 0.491. The number of hydrogen-bond donors (Lipinski definition) is 1. The Balaban J connectivity index is 2.59. The minimum atomic E-state index is -0.519. The lowest BCUT2D eigenvalue weighted by molar-refractivity contribution is 0.0636. The van der Waals surface area contributed by atoms with Gasteiger partial charge in [0, 0.05) is 6.20 Å². The Morgan fingerprint density at radius 2 is 2.13 bits per heavy atom. The summed E-state index contributed by atoms with van der Waals surface area (Å²) in [4.78, 5) is 15.2. The number of anilines is 1. The van der Waals surface area contributed by atoms with Gasteiger partial charge < -0.3 is 4.74 Å². The summed E-state index contributed by atoms with van der Waals surface area (Å²) in [6.07, 6.45) is 2.48. The monoisotopic (exact) mass is 204 g/mol. The molecule has 1 rings (SSSR count). The Kier molecular flexibility index (Phi) is 3.34. The molecule has 1 aromatic heterocycles. The van der Waals surface area contributed by atoms with Gasteiger partial charge in [0.2, 0.25) is 0 Å². The van der Waals surface area contributed by atoms with E-state index in [-0.39, 0.29) is 0 Å². The number of rotatable bonds is 1. The van der Waals surface area contributed by atoms with Gasteiger partial charge in [-0.25, -0.2) is 4.79 Å². The highest BCUT2D eigenvalue weighted by Crippen LogP contribution is 2.09. The van der Waals surface area contributed by atoms with Crippen LogP contribution in [0.5, 0.6) is 0 Å². The second-order valence-electron chi connectivity index (χ2n) is 4.13. The largest absolute Gasteiger partial charge is 0.444 e. The van der Waals surface area contributed by atoms with E-state index >= 15 is 0 Å². The van der Waals surface area contributed by atoms with Crippen molar-refractivity contribution in [3.63, 3.8) is 0 Å². The molecular formula is C10H13BN2O2. The van der Waals surface area contributed by atoms with Crippen LogP contribution in [-0.4, -0.2) is 24.5 Å². The van der Waals surface area contributed by atoms with Crippen LogP contribution in [0.4, 0.5) is 10.5 Å². The van der Waals surface area contributed by atoms with Crippen molar-refractivity contribution in [1.82, 2.24) is 4.98 Å². The minimum absolute atomic E-state index is 0.489. The SMILES string of the molecule is [B]c1cncc(NC(=O)OC(C)(C)C)c1. The van der Waals surface area contributed by atoms with Crippen LogP contribution in [0.2, 0.25) is 0 Å². The second-order valence-corrected chi connectivity index (χ2v) is 4.13. The summed E-state index contributed by atoms with van der Waals surface area (Å²) in [5, 5.41) is 2.54. The molecule has 1 heterocycles. The first kappa shape index (κ1) is 11.6. The van der Waals surface area contributed by atoms with Crippen molar-refractivity contribution < 1.29 is 9.53 Å². The molecule has 1 amide bonds. The lowest BCUT2D eigenvalue weighted by atomic mass is 9.99. The van der Waals surface area contributed by atoms with Gasteiger partial charge in [-0.05, 0) is 26.8 Å². The molecule has 0 bridgehead atoms. The molecule has 0 aliphatic carbocycles. The molecule has 4 nitrogen and oxygen atoms in total. The number of carbonyl (C=O) groups excluding carboxylic acids is 1. The topological polar surface area (TPSA) is 51.2 Å². The van der Waals surface area contributed by atoms with Crippen LogP contribution in [0.25, 0.3) is 0 Å². The summed E-state index contributed by atoms with van der Waals surface area (Å²) in [6, 6.07) is 1.61. The molecule has 78 valence electrons. The van der Waals surface area contributed by atoms with E-state index in [1.807, 2.05) is 0 Å². The molecule has 2 radical (unpaired) electrons. The Morgan fingerprint density at radius 3 is 2.67 bits per heavy atom. The lowest BCUT2D eigenvalue weighted by Crippen LogP contribution is -2.27. The summed E-state index contributed by atoms with van der Waals surface area (Å²) < 4.78 is 5.06. The van der Waals surface area contributed by atoms with E-state index in [0.29, 0.717) is 11.2 Å². The molecule has 0 spiro atoms. The first-order chi connectivity index (χ1) is 6.87. The Hall–Kier alpha value is -1.52. The molecule has 0 aliphatic rings. The maximum Gasteiger partial charge on any atom is 0.412 e. The van der Waals surface area contributed by atoms with Gasteiger partial charge in [0.25, 0.3) is 0 Å². The Bertz CT molecular complexity index is 361. The van der Waals surface area contributed by atoms with Gasteiger partial charge >= 0.3 is 6.09 Å². The van der Waals surface area contributed by atoms with E-state index < -0.39 is 11.7 Å². The van der Waals surface area contributed by atoms with Crippen molar-refractivity contribution in [2.45, 2.75) is 26.4 Å². The standard InChI is InChI=1S/C10H13BN2O2/c1-10(2,3)15-9(14)13-8-4-7(11)5-12-6-8/h4-6H,1-3H3,(H,13,14). The minimum Gasteiger partial charge on any atom is -0.444 e. The Labute approximate surface area is 90.5 Å². The first-order valence-corrected chi connectivity index (χ1v) is 4.57. The van der Waals surface area contributed by atoms with Crippen LogP contribution in [0.3, 0.4) is 0 Å². The zero-order chi connectivity index (χ0) is 11.5. The highest BCUT2D eigenvalue weighted by molar-refractivity contribution is 6.32. The number of aromatic nitrogens is 1. The fourth-order valence-electron chi connectivity index (χ4n) is 0.948. The molecular weight excluding hydrogens is 191 g/mol. The van der Waals surface area contributed by atoms with Crippen LogP contribution in [0.15, 0.2) is 18.5 Å². The molecule has 0 unspecified atom stereocenters. The van der Waals surface area contributed by atoms with E-state index in [1.54, 1.807) is 26.8 Å². The van der Waals surface area contributed by atoms with E-state index in [9.17, 15) is 4.79 Å². The molecule has 1 aromatic rings. The fraction of sp³-hybridized carbons (Fsp3) is 0.400. The second kappa shape index (κ2) is 4.34. The average Bonchev–Trinajstić information content (AvgIpc) is 1.99. The van der Waals surface area contributed by atoms with Gasteiger partial charge in [-0.3, -0.25) is 10.3 Å². The van der Waals surface area contributed by atoms with Crippen molar-refractivity contribution >= 4 is 25.1 Å². The van der Waals surface area contributed by atoms with Gasteiger partial charge in [-0.2, -0.15) is 0 Å². The van der Waals surface area contributed by atoms with E-state index in [2.05, 4.69) is 10.3 Å². The zero-order valence-corrected chi connectivity index (χ0v) is 9.07. The van der Waals surface area contributed by atoms with Gasteiger partial charge in [-0.1, -0.05) is 5.46 Å². The van der Waals surface area contributed by atoms with Crippen molar-refractivity contribution in [1.29, 1.82) is 0 Å². The fourth-order valence-corrected chi connectivity index (χ4v) is 0.948. The van der Waals surface area contributed by atoms with Gasteiger partial charge in [0.05, 0.1) is 11.9 Å². The third-order valence-corrected chi connectivity index (χ3v) is 1.40. The Morgan fingerprint density at radius 1 is 1.47 bits per heavy atom. The summed E-state index contributed by atoms with van der Waals surface area (Å²) in [7, 11) is 5.51. The molecule has 0 atom stereocenters. The van der Waals surface area contributed by atoms with E-state index in [1.165, 1.54) is 12.4 Å². The van der Waals surface area contributed by atoms with Gasteiger partial charge in [-0.15, -0.1) is 0 Å². The summed E-state index contributed by atoms with van der Waals surface area (Å²) >= 11 is 0. The van der Waals surface area contributed by atoms with Crippen LogP contribution in [-0.2, 0) is 4.74 Å². The molecule has 0 aliphatic heterocycles. The summed E-state index contributed by atoms with van der Waals surface area (Å²) in [5.74, 6) is 0. The molecule has 15 heavy (non-hydrogen) atoms. The summed E-state index contributed by atoms with van der Waals surface area (Å²) in [6.45, 7) is 5.39. The smallest absolute Gasteiger partial charge is 0.412 e. The van der Waals surface area contributed by atoms with E-state index in [0.717, 1.165) is 0 Å². The maximum atomic E-state index is 11.3. The third-order valence-electron chi connectivity index (χ3n) is 1.40. The van der Waals surface area contributed by atoms with Gasteiger partial charge in [0.15, 0.2) is 0 Å². The van der Waals surface area contributed by atoms with Crippen LogP contribution in [0.1, 0.15) is 20.8 Å². The quantitative estimate of drug-likeness (QED) is 0.699. The molecule has 0 fully saturated rings. The van der Waals surface area contributed by atoms with Crippen molar-refractivity contribution in [3.05, 3.63) is 18.5 Å². The molecule has 0 saturated carbocycles. The van der Waals surface area contributed by atoms with E-state index in [4.69, 9.17) is 12.6 Å². The highest BCUT2D eigenvalue weighted by Gasteiger charge is 2.15. The number of amides is 1. The number of pyridine rings is 1. The van der Waals surface area contributed by atoms with Crippen molar-refractivity contribution in [3.8, 4) is 0 Å². The number of nitrogens with zero attached hydrogens (tertiary/aromatic N) is 1. The predicted molar refractivity (Wildman–Crippen MR) is 59.5 cm³/mol. The molecule has 5 heteroatoms. The number of nitrogens with one attached hydrogen (secondary N) is 1. The van der Waals surface area contributed by atoms with Crippen LogP contribution in [0, 0.1) is 0 Å². The lowest BCUT2D eigenvalue weighted by Gasteiger charge is -2.19. The van der Waals surface area contributed by atoms with Crippen molar-refractivity contribution in [2.24, 2.45) is 0 Å². The number of carbonyl (C=O) groups is 1. The van der Waals surface area contributed by atoms with Crippen LogP contribution >= 0.6 is 0 Å². The number of hydrogen-bond acceptors (Lipinski definition) is 3. The average molecular weight is 204 g/mol. The maximum absolute atomic E-state index is 11.3. The predicted octanol–water partition coefficient (Wildman–Crippen LogP) is 1.22. The molecule has 1 N–H and O–H groups in total. The molecule has 0 saturated heterocycles. The van der Waals surface area contributed by atoms with Gasteiger partial charge in [0.1, 0.15) is 13.4 Å². The van der Waals surface area contributed by atoms with Crippen molar-refractivity contribution in [2.75, 3.05) is 5.32 Å². The highest BCUT2D eigenvalue weighted by atomic mass is 16.6. The molecule has 0 aromatic carbocycles. The first-order valence-electron chi connectivity index (χ1n) is 4.57. The zero-order valence-electron chi connectivity index (χ0n) is 9.07.